The van der Waals surface area contributed by atoms with Gasteiger partial charge in [0.2, 0.25) is 0 Å². The number of hydrogen-bond acceptors (Lipinski definition) is 5. The van der Waals surface area contributed by atoms with E-state index in [-0.39, 0.29) is 17.7 Å². The minimum absolute atomic E-state index is 0.248. The van der Waals surface area contributed by atoms with E-state index < -0.39 is 0 Å². The summed E-state index contributed by atoms with van der Waals surface area (Å²) in [5.41, 5.74) is 3.79. The highest BCUT2D eigenvalue weighted by Crippen LogP contribution is 2.40. The molecule has 1 fully saturated rings. The number of aryl methyl sites for hydroxylation is 1. The molecule has 1 aliphatic rings. The molecule has 5 nitrogen and oxygen atoms in total. The Bertz CT molecular complexity index is 1540. The highest BCUT2D eigenvalue weighted by atomic mass is 79.9. The van der Waals surface area contributed by atoms with Crippen LogP contribution in [0.2, 0.25) is 0 Å². The second-order valence-corrected chi connectivity index (χ2v) is 10.6. The van der Waals surface area contributed by atoms with E-state index in [4.69, 9.17) is 9.47 Å². The molecule has 2 amide bonds. The average Bonchev–Trinajstić information content (AvgIpc) is 3.15. The van der Waals surface area contributed by atoms with Gasteiger partial charge in [0.25, 0.3) is 11.1 Å². The SMILES string of the molecule is COc1cc(/C=C2\SC(=O)N(Cc3cccc(C)c3)C2=O)cc(Br)c1OCc1cccc2ccccc12. The quantitative estimate of drug-likeness (QED) is 0.212. The number of halogens is 1. The normalized spacial score (nSPS) is 14.6. The van der Waals surface area contributed by atoms with Crippen LogP contribution < -0.4 is 9.47 Å². The Morgan fingerprint density at radius 1 is 0.973 bits per heavy atom. The van der Waals surface area contributed by atoms with Gasteiger partial charge < -0.3 is 9.47 Å². The van der Waals surface area contributed by atoms with E-state index >= 15 is 0 Å². The standard InChI is InChI=1S/C30H24BrNO4S/c1-19-7-5-8-20(13-19)17-32-29(33)27(37-30(32)34)16-21-14-25(31)28(26(15-21)35-2)36-18-23-11-6-10-22-9-3-4-12-24(22)23/h3-16H,17-18H2,1-2H3/b27-16-. The van der Waals surface area contributed by atoms with E-state index in [1.165, 1.54) is 4.90 Å². The van der Waals surface area contributed by atoms with Crippen LogP contribution in [0.1, 0.15) is 22.3 Å². The summed E-state index contributed by atoms with van der Waals surface area (Å²) in [5.74, 6) is 0.794. The Morgan fingerprint density at radius 2 is 1.76 bits per heavy atom. The summed E-state index contributed by atoms with van der Waals surface area (Å²) in [6, 6.07) is 25.8. The summed E-state index contributed by atoms with van der Waals surface area (Å²) < 4.78 is 12.5. The fraction of sp³-hybridized carbons (Fsp3) is 0.133. The van der Waals surface area contributed by atoms with E-state index in [2.05, 4.69) is 34.1 Å². The first-order valence-corrected chi connectivity index (χ1v) is 13.3. The summed E-state index contributed by atoms with van der Waals surface area (Å²) in [5, 5.41) is 2.01. The van der Waals surface area contributed by atoms with Crippen molar-refractivity contribution in [1.82, 2.24) is 4.90 Å². The van der Waals surface area contributed by atoms with Crippen LogP contribution in [0.5, 0.6) is 11.5 Å². The van der Waals surface area contributed by atoms with Gasteiger partial charge in [-0.25, -0.2) is 0 Å². The third-order valence-electron chi connectivity index (χ3n) is 6.10. The Kier molecular flexibility index (Phi) is 7.35. The molecule has 0 atom stereocenters. The highest BCUT2D eigenvalue weighted by molar-refractivity contribution is 9.10. The van der Waals surface area contributed by atoms with Crippen molar-refractivity contribution < 1.29 is 19.1 Å². The van der Waals surface area contributed by atoms with Gasteiger partial charge in [-0.1, -0.05) is 72.3 Å². The number of amides is 2. The fourth-order valence-electron chi connectivity index (χ4n) is 4.31. The number of ether oxygens (including phenoxy) is 2. The van der Waals surface area contributed by atoms with Crippen molar-refractivity contribution in [3.8, 4) is 11.5 Å². The first-order chi connectivity index (χ1) is 17.9. The summed E-state index contributed by atoms with van der Waals surface area (Å²) in [4.78, 5) is 27.3. The lowest BCUT2D eigenvalue weighted by Gasteiger charge is -2.15. The summed E-state index contributed by atoms with van der Waals surface area (Å²) >= 11 is 4.54. The molecule has 0 bridgehead atoms. The number of hydrogen-bond donors (Lipinski definition) is 0. The number of nitrogens with zero attached hydrogens (tertiary/aromatic N) is 1. The predicted octanol–water partition coefficient (Wildman–Crippen LogP) is 7.73. The second kappa shape index (κ2) is 10.8. The van der Waals surface area contributed by atoms with Crippen LogP contribution in [0.3, 0.4) is 0 Å². The van der Waals surface area contributed by atoms with Gasteiger partial charge in [0.1, 0.15) is 6.61 Å². The number of carbonyl (C=O) groups excluding carboxylic acids is 2. The van der Waals surface area contributed by atoms with Crippen LogP contribution in [0, 0.1) is 6.92 Å². The van der Waals surface area contributed by atoms with E-state index in [9.17, 15) is 9.59 Å². The Morgan fingerprint density at radius 3 is 2.57 bits per heavy atom. The fourth-order valence-corrected chi connectivity index (χ4v) is 5.72. The smallest absolute Gasteiger partial charge is 0.293 e. The van der Waals surface area contributed by atoms with E-state index in [1.807, 2.05) is 61.5 Å². The minimum atomic E-state index is -0.303. The van der Waals surface area contributed by atoms with Crippen molar-refractivity contribution in [2.75, 3.05) is 7.11 Å². The summed E-state index contributed by atoms with van der Waals surface area (Å²) in [6.45, 7) is 2.60. The van der Waals surface area contributed by atoms with Gasteiger partial charge in [-0.05, 0) is 80.3 Å². The Hall–Kier alpha value is -3.55. The number of thioether (sulfide) groups is 1. The molecule has 1 heterocycles. The molecule has 1 saturated heterocycles. The van der Waals surface area contributed by atoms with Crippen molar-refractivity contribution in [3.05, 3.63) is 110 Å². The molecule has 0 spiro atoms. The average molecular weight is 574 g/mol. The summed E-state index contributed by atoms with van der Waals surface area (Å²) in [7, 11) is 1.58. The van der Waals surface area contributed by atoms with Gasteiger partial charge in [0.15, 0.2) is 11.5 Å². The molecule has 5 rings (SSSR count). The number of rotatable bonds is 7. The molecule has 0 aliphatic carbocycles. The zero-order valence-corrected chi connectivity index (χ0v) is 22.8. The maximum absolute atomic E-state index is 13.0. The largest absolute Gasteiger partial charge is 0.493 e. The lowest BCUT2D eigenvalue weighted by Crippen LogP contribution is -2.27. The molecule has 37 heavy (non-hydrogen) atoms. The third kappa shape index (κ3) is 5.43. The summed E-state index contributed by atoms with van der Waals surface area (Å²) in [6.07, 6.45) is 1.71. The lowest BCUT2D eigenvalue weighted by atomic mass is 10.1. The van der Waals surface area contributed by atoms with Crippen molar-refractivity contribution in [1.29, 1.82) is 0 Å². The van der Waals surface area contributed by atoms with Gasteiger partial charge >= 0.3 is 0 Å². The maximum atomic E-state index is 13.0. The molecule has 0 aromatic heterocycles. The Labute approximate surface area is 228 Å². The third-order valence-corrected chi connectivity index (χ3v) is 7.59. The van der Waals surface area contributed by atoms with Gasteiger partial charge in [-0.15, -0.1) is 0 Å². The molecule has 0 radical (unpaired) electrons. The zero-order chi connectivity index (χ0) is 25.9. The van der Waals surface area contributed by atoms with E-state index in [0.29, 0.717) is 27.5 Å². The molecule has 1 aliphatic heterocycles. The zero-order valence-electron chi connectivity index (χ0n) is 20.4. The molecule has 4 aromatic carbocycles. The molecule has 7 heteroatoms. The molecule has 0 unspecified atom stereocenters. The molecular formula is C30H24BrNO4S. The molecular weight excluding hydrogens is 550 g/mol. The first kappa shape index (κ1) is 25.1. The van der Waals surface area contributed by atoms with E-state index in [0.717, 1.165) is 44.8 Å². The number of carbonyl (C=O) groups is 2. The maximum Gasteiger partial charge on any atom is 0.293 e. The number of imide groups is 1. The molecule has 0 saturated carbocycles. The number of benzene rings is 4. The predicted molar refractivity (Wildman–Crippen MR) is 152 cm³/mol. The van der Waals surface area contributed by atoms with Crippen LogP contribution in [0.4, 0.5) is 4.79 Å². The van der Waals surface area contributed by atoms with Crippen molar-refractivity contribution in [2.45, 2.75) is 20.1 Å². The van der Waals surface area contributed by atoms with Crippen molar-refractivity contribution in [3.63, 3.8) is 0 Å². The molecule has 186 valence electrons. The van der Waals surface area contributed by atoms with Gasteiger partial charge in [-0.3, -0.25) is 14.5 Å². The van der Waals surface area contributed by atoms with Gasteiger partial charge in [-0.2, -0.15) is 0 Å². The van der Waals surface area contributed by atoms with Crippen LogP contribution in [-0.2, 0) is 17.9 Å². The molecule has 4 aromatic rings. The lowest BCUT2D eigenvalue weighted by molar-refractivity contribution is -0.123. The minimum Gasteiger partial charge on any atom is -0.493 e. The first-order valence-electron chi connectivity index (χ1n) is 11.7. The number of fused-ring (bicyclic) bond motifs is 1. The van der Waals surface area contributed by atoms with Crippen LogP contribution in [0.25, 0.3) is 16.8 Å². The highest BCUT2D eigenvalue weighted by Gasteiger charge is 2.35. The Balaban J connectivity index is 1.36. The van der Waals surface area contributed by atoms with Crippen LogP contribution in [0.15, 0.2) is 88.2 Å². The molecule has 0 N–H and O–H groups in total. The topological polar surface area (TPSA) is 55.8 Å². The van der Waals surface area contributed by atoms with Gasteiger partial charge in [0, 0.05) is 0 Å². The van der Waals surface area contributed by atoms with Gasteiger partial charge in [0.05, 0.1) is 23.0 Å². The van der Waals surface area contributed by atoms with Crippen molar-refractivity contribution in [2.24, 2.45) is 0 Å². The monoisotopic (exact) mass is 573 g/mol. The van der Waals surface area contributed by atoms with Crippen LogP contribution >= 0.6 is 27.7 Å². The second-order valence-electron chi connectivity index (χ2n) is 8.72. The van der Waals surface area contributed by atoms with E-state index in [1.54, 1.807) is 19.3 Å². The number of methoxy groups -OCH3 is 1. The van der Waals surface area contributed by atoms with Crippen LogP contribution in [-0.4, -0.2) is 23.2 Å². The van der Waals surface area contributed by atoms with Crippen molar-refractivity contribution >= 4 is 55.7 Å².